The van der Waals surface area contributed by atoms with E-state index in [0.29, 0.717) is 26.1 Å². The number of sulfonamides is 1. The van der Waals surface area contributed by atoms with E-state index in [-0.39, 0.29) is 5.88 Å². The number of hydrogen-bond acceptors (Lipinski definition) is 3. The lowest BCUT2D eigenvalue weighted by Gasteiger charge is -2.35. The molecule has 1 aliphatic heterocycles. The van der Waals surface area contributed by atoms with Gasteiger partial charge in [0, 0.05) is 25.5 Å². The van der Waals surface area contributed by atoms with Gasteiger partial charge in [0.15, 0.2) is 0 Å². The first-order valence-corrected chi connectivity index (χ1v) is 8.09. The van der Waals surface area contributed by atoms with Crippen molar-refractivity contribution in [3.05, 3.63) is 0 Å². The summed E-state index contributed by atoms with van der Waals surface area (Å²) in [6.45, 7) is 0.773. The van der Waals surface area contributed by atoms with Crippen LogP contribution in [0.15, 0.2) is 0 Å². The van der Waals surface area contributed by atoms with Crippen LogP contribution in [-0.2, 0) is 14.8 Å². The molecule has 4 nitrogen and oxygen atoms in total. The van der Waals surface area contributed by atoms with Gasteiger partial charge < -0.3 is 4.74 Å². The largest absolute Gasteiger partial charge is 0.389 e. The molecular formula is C10H17ClF3NO3S. The fourth-order valence-electron chi connectivity index (χ4n) is 1.87. The molecule has 1 saturated heterocycles. The molecule has 0 unspecified atom stereocenters. The van der Waals surface area contributed by atoms with Gasteiger partial charge >= 0.3 is 6.18 Å². The van der Waals surface area contributed by atoms with Crippen molar-refractivity contribution in [3.63, 3.8) is 0 Å². The molecule has 0 atom stereocenters. The van der Waals surface area contributed by atoms with Gasteiger partial charge in [-0.15, -0.1) is 11.6 Å². The third-order valence-electron chi connectivity index (χ3n) is 2.95. The Hall–Kier alpha value is -0.0500. The van der Waals surface area contributed by atoms with Crippen molar-refractivity contribution in [1.29, 1.82) is 0 Å². The third kappa shape index (κ3) is 6.29. The second kappa shape index (κ2) is 6.60. The molecule has 0 saturated carbocycles. The third-order valence-corrected chi connectivity index (χ3v) is 5.03. The van der Waals surface area contributed by atoms with Crippen LogP contribution in [0.25, 0.3) is 0 Å². The van der Waals surface area contributed by atoms with E-state index in [4.69, 9.17) is 16.3 Å². The van der Waals surface area contributed by atoms with Crippen LogP contribution in [0.5, 0.6) is 0 Å². The van der Waals surface area contributed by atoms with Crippen molar-refractivity contribution in [3.8, 4) is 0 Å². The van der Waals surface area contributed by atoms with Gasteiger partial charge in [0.2, 0.25) is 10.0 Å². The Kier molecular flexibility index (Phi) is 5.91. The van der Waals surface area contributed by atoms with Crippen LogP contribution in [0.1, 0.15) is 25.7 Å². The van der Waals surface area contributed by atoms with Crippen molar-refractivity contribution < 1.29 is 26.3 Å². The molecule has 9 heteroatoms. The average molecular weight is 324 g/mol. The fourth-order valence-corrected chi connectivity index (χ4v) is 3.84. The predicted octanol–water partition coefficient (Wildman–Crippen LogP) is 2.04. The lowest BCUT2D eigenvalue weighted by atomic mass is 9.94. The molecule has 0 aromatic carbocycles. The van der Waals surface area contributed by atoms with E-state index in [1.807, 2.05) is 0 Å². The summed E-state index contributed by atoms with van der Waals surface area (Å²) in [6.07, 6.45) is -5.04. The minimum Gasteiger partial charge on any atom is -0.381 e. The number of hydrogen-bond donors (Lipinski definition) is 1. The van der Waals surface area contributed by atoms with E-state index in [9.17, 15) is 21.6 Å². The second-order valence-electron chi connectivity index (χ2n) is 4.67. The summed E-state index contributed by atoms with van der Waals surface area (Å²) in [6, 6.07) is 0. The molecule has 114 valence electrons. The fraction of sp³-hybridized carbons (Fsp3) is 1.00. The Morgan fingerprint density at radius 1 is 1.26 bits per heavy atom. The molecule has 0 amide bonds. The van der Waals surface area contributed by atoms with Gasteiger partial charge in [-0.25, -0.2) is 13.1 Å². The van der Waals surface area contributed by atoms with E-state index >= 15 is 0 Å². The molecular weight excluding hydrogens is 307 g/mol. The molecule has 0 aliphatic carbocycles. The predicted molar refractivity (Wildman–Crippen MR) is 65.7 cm³/mol. The van der Waals surface area contributed by atoms with E-state index in [1.165, 1.54) is 0 Å². The van der Waals surface area contributed by atoms with E-state index < -0.39 is 40.3 Å². The lowest BCUT2D eigenvalue weighted by molar-refractivity contribution is -0.134. The van der Waals surface area contributed by atoms with Crippen LogP contribution in [0, 0.1) is 0 Å². The standard InChI is InChI=1S/C10H17ClF3NO3S/c11-8-9(3-5-18-6-4-9)15-19(16,17)7-1-2-10(12,13)14/h15H,1-8H2. The molecule has 0 spiro atoms. The molecule has 1 aliphatic rings. The highest BCUT2D eigenvalue weighted by Crippen LogP contribution is 2.25. The first kappa shape index (κ1) is 17.0. The van der Waals surface area contributed by atoms with Crippen molar-refractivity contribution in [2.24, 2.45) is 0 Å². The minimum absolute atomic E-state index is 0.0782. The van der Waals surface area contributed by atoms with Crippen molar-refractivity contribution >= 4 is 21.6 Å². The highest BCUT2D eigenvalue weighted by Gasteiger charge is 2.36. The number of nitrogens with one attached hydrogen (secondary N) is 1. The molecule has 1 heterocycles. The van der Waals surface area contributed by atoms with Crippen molar-refractivity contribution in [1.82, 2.24) is 4.72 Å². The summed E-state index contributed by atoms with van der Waals surface area (Å²) in [4.78, 5) is 0. The normalized spacial score (nSPS) is 20.4. The lowest BCUT2D eigenvalue weighted by Crippen LogP contribution is -2.53. The monoisotopic (exact) mass is 323 g/mol. The second-order valence-corrected chi connectivity index (χ2v) is 6.78. The summed E-state index contributed by atoms with van der Waals surface area (Å²) in [5.41, 5.74) is -0.795. The van der Waals surface area contributed by atoms with Crippen LogP contribution < -0.4 is 4.72 Å². The average Bonchev–Trinajstić information content (AvgIpc) is 2.27. The van der Waals surface area contributed by atoms with Gasteiger partial charge in [0.1, 0.15) is 0 Å². The molecule has 0 radical (unpaired) electrons. The summed E-state index contributed by atoms with van der Waals surface area (Å²) < 4.78 is 67.0. The van der Waals surface area contributed by atoms with Crippen LogP contribution in [0.4, 0.5) is 13.2 Å². The SMILES string of the molecule is O=S(=O)(CCCC(F)(F)F)NC1(CCl)CCOCC1. The van der Waals surface area contributed by atoms with Crippen LogP contribution in [0.2, 0.25) is 0 Å². The van der Waals surface area contributed by atoms with Gasteiger partial charge in [0.25, 0.3) is 0 Å². The van der Waals surface area contributed by atoms with Gasteiger partial charge in [-0.1, -0.05) is 0 Å². The molecule has 0 bridgehead atoms. The molecule has 0 aromatic rings. The topological polar surface area (TPSA) is 55.4 Å². The molecule has 0 aromatic heterocycles. The summed E-state index contributed by atoms with van der Waals surface area (Å²) >= 11 is 5.79. The maximum absolute atomic E-state index is 12.0. The van der Waals surface area contributed by atoms with Gasteiger partial charge in [-0.3, -0.25) is 0 Å². The maximum atomic E-state index is 12.0. The molecule has 1 rings (SSSR count). The molecule has 19 heavy (non-hydrogen) atoms. The molecule has 1 fully saturated rings. The van der Waals surface area contributed by atoms with E-state index in [0.717, 1.165) is 0 Å². The summed E-state index contributed by atoms with van der Waals surface area (Å²) in [5.74, 6) is -0.471. The first-order chi connectivity index (χ1) is 8.68. The van der Waals surface area contributed by atoms with Crippen molar-refractivity contribution in [2.75, 3.05) is 24.8 Å². The zero-order valence-electron chi connectivity index (χ0n) is 10.3. The number of rotatable bonds is 6. The zero-order chi connectivity index (χ0) is 14.6. The van der Waals surface area contributed by atoms with Crippen LogP contribution in [0.3, 0.4) is 0 Å². The van der Waals surface area contributed by atoms with Crippen LogP contribution >= 0.6 is 11.6 Å². The van der Waals surface area contributed by atoms with E-state index in [1.54, 1.807) is 0 Å². The zero-order valence-corrected chi connectivity index (χ0v) is 11.9. The maximum Gasteiger partial charge on any atom is 0.389 e. The number of alkyl halides is 4. The Labute approximate surface area is 115 Å². The van der Waals surface area contributed by atoms with Gasteiger partial charge in [0.05, 0.1) is 11.3 Å². The first-order valence-electron chi connectivity index (χ1n) is 5.90. The van der Waals surface area contributed by atoms with Crippen molar-refractivity contribution in [2.45, 2.75) is 37.4 Å². The summed E-state index contributed by atoms with van der Waals surface area (Å²) in [5, 5.41) is 0. The Balaban J connectivity index is 2.52. The number of halogens is 4. The Morgan fingerprint density at radius 3 is 2.32 bits per heavy atom. The molecule has 1 N–H and O–H groups in total. The van der Waals surface area contributed by atoms with Gasteiger partial charge in [-0.2, -0.15) is 13.2 Å². The highest BCUT2D eigenvalue weighted by atomic mass is 35.5. The minimum atomic E-state index is -4.33. The number of ether oxygens (including phenoxy) is 1. The smallest absolute Gasteiger partial charge is 0.381 e. The van der Waals surface area contributed by atoms with E-state index in [2.05, 4.69) is 4.72 Å². The summed E-state index contributed by atoms with van der Waals surface area (Å²) in [7, 11) is -3.76. The van der Waals surface area contributed by atoms with Gasteiger partial charge in [-0.05, 0) is 19.3 Å². The Morgan fingerprint density at radius 2 is 1.84 bits per heavy atom. The van der Waals surface area contributed by atoms with Crippen LogP contribution in [-0.4, -0.2) is 45.0 Å². The Bertz CT molecular complexity index is 380. The highest BCUT2D eigenvalue weighted by molar-refractivity contribution is 7.89. The quantitative estimate of drug-likeness (QED) is 0.761.